The molecule has 0 radical (unpaired) electrons. The maximum absolute atomic E-state index is 16.9. The molecular weight excluding hydrogens is 592 g/mol. The standard InChI is InChI=1S/C31H34ClF2N7O3/c32-23-9-24-20(12-36-39-24)25-22(23)16-43-8-7-42-15-18-3-1-5-40(13-18)29-21-11-35-28(25)26(34)27(21)37-30(38-29)44-17-31-4-2-6-41(31)14-19(33)10-31/h9,11-12,18-19H,1-8,10,13-17H2,(H,36,39)/t18-,19-,31+/m1/s1. The van der Waals surface area contributed by atoms with Gasteiger partial charge in [-0.15, -0.1) is 0 Å². The van der Waals surface area contributed by atoms with Crippen LogP contribution in [0.3, 0.4) is 0 Å². The van der Waals surface area contributed by atoms with Gasteiger partial charge < -0.3 is 19.1 Å². The maximum Gasteiger partial charge on any atom is 0.319 e. The summed E-state index contributed by atoms with van der Waals surface area (Å²) in [6, 6.07) is 1.84. The summed E-state index contributed by atoms with van der Waals surface area (Å²) < 4.78 is 49.6. The average Bonchev–Trinajstić information content (AvgIpc) is 3.72. The van der Waals surface area contributed by atoms with Crippen molar-refractivity contribution in [1.82, 2.24) is 30.0 Å². The molecule has 5 aliphatic rings. The lowest BCUT2D eigenvalue weighted by Crippen LogP contribution is -2.43. The van der Waals surface area contributed by atoms with Crippen molar-refractivity contribution in [3.8, 4) is 17.3 Å². The van der Waals surface area contributed by atoms with Crippen LogP contribution in [0.1, 0.15) is 37.7 Å². The highest BCUT2D eigenvalue weighted by Crippen LogP contribution is 2.42. The Morgan fingerprint density at radius 3 is 2.95 bits per heavy atom. The van der Waals surface area contributed by atoms with E-state index < -0.39 is 12.0 Å². The molecule has 8 heterocycles. The number of ether oxygens (including phenoxy) is 3. The molecule has 232 valence electrons. The number of nitrogens with zero attached hydrogens (tertiary/aromatic N) is 6. The van der Waals surface area contributed by atoms with Gasteiger partial charge in [-0.1, -0.05) is 11.6 Å². The Balaban J connectivity index is 1.28. The zero-order valence-corrected chi connectivity index (χ0v) is 25.1. The number of hydrogen-bond acceptors (Lipinski definition) is 9. The van der Waals surface area contributed by atoms with E-state index in [-0.39, 0.29) is 41.9 Å². The lowest BCUT2D eigenvalue weighted by Gasteiger charge is -2.34. The molecule has 5 aliphatic heterocycles. The quantitative estimate of drug-likeness (QED) is 0.334. The number of rotatable bonds is 3. The van der Waals surface area contributed by atoms with Crippen molar-refractivity contribution in [2.24, 2.45) is 5.92 Å². The molecule has 0 amide bonds. The fraction of sp³-hybridized carbons (Fsp3) is 0.548. The van der Waals surface area contributed by atoms with Crippen LogP contribution in [0, 0.1) is 11.7 Å². The molecule has 3 atom stereocenters. The van der Waals surface area contributed by atoms with Crippen molar-refractivity contribution in [2.45, 2.75) is 50.4 Å². The summed E-state index contributed by atoms with van der Waals surface area (Å²) in [4.78, 5) is 18.5. The summed E-state index contributed by atoms with van der Waals surface area (Å²) in [6.45, 7) is 4.51. The van der Waals surface area contributed by atoms with Gasteiger partial charge in [0.05, 0.1) is 49.1 Å². The van der Waals surface area contributed by atoms with Crippen LogP contribution in [0.25, 0.3) is 33.1 Å². The molecule has 3 aromatic heterocycles. The van der Waals surface area contributed by atoms with Gasteiger partial charge in [0.2, 0.25) is 0 Å². The number of nitrogens with one attached hydrogen (secondary N) is 1. The number of hydrogen-bond donors (Lipinski definition) is 1. The Hall–Kier alpha value is -3.19. The van der Waals surface area contributed by atoms with Crippen LogP contribution >= 0.6 is 11.6 Å². The smallest absolute Gasteiger partial charge is 0.319 e. The van der Waals surface area contributed by atoms with E-state index in [4.69, 9.17) is 30.8 Å². The van der Waals surface area contributed by atoms with E-state index in [2.05, 4.69) is 30.0 Å². The second-order valence-corrected chi connectivity index (χ2v) is 12.9. The fourth-order valence-electron chi connectivity index (χ4n) is 7.60. The molecule has 9 rings (SSSR count). The van der Waals surface area contributed by atoms with Crippen LogP contribution in [0.5, 0.6) is 6.01 Å². The number of fused-ring (bicyclic) bond motifs is 8. The Bertz CT molecular complexity index is 1720. The van der Waals surface area contributed by atoms with Gasteiger partial charge in [0.15, 0.2) is 5.82 Å². The van der Waals surface area contributed by atoms with Crippen molar-refractivity contribution >= 4 is 39.2 Å². The Morgan fingerprint density at radius 1 is 1.11 bits per heavy atom. The number of piperidine rings is 1. The number of halogens is 3. The van der Waals surface area contributed by atoms with Crippen molar-refractivity contribution in [3.05, 3.63) is 34.9 Å². The third-order valence-corrected chi connectivity index (χ3v) is 10.0. The number of anilines is 1. The molecule has 3 saturated heterocycles. The third-order valence-electron chi connectivity index (χ3n) is 9.70. The third kappa shape index (κ3) is 4.86. The molecule has 1 aromatic carbocycles. The monoisotopic (exact) mass is 625 g/mol. The van der Waals surface area contributed by atoms with Crippen LogP contribution in [-0.4, -0.2) is 94.4 Å². The van der Waals surface area contributed by atoms with Gasteiger partial charge in [0.25, 0.3) is 0 Å². The molecule has 0 aliphatic carbocycles. The summed E-state index contributed by atoms with van der Waals surface area (Å²) >= 11 is 6.74. The number of aromatic nitrogens is 5. The van der Waals surface area contributed by atoms with Gasteiger partial charge in [0, 0.05) is 53.8 Å². The second kappa shape index (κ2) is 11.3. The highest BCUT2D eigenvalue weighted by Gasteiger charge is 2.49. The largest absolute Gasteiger partial charge is 0.461 e. The minimum Gasteiger partial charge on any atom is -0.461 e. The van der Waals surface area contributed by atoms with E-state index in [1.165, 1.54) is 0 Å². The van der Waals surface area contributed by atoms with Crippen LogP contribution in [0.15, 0.2) is 18.5 Å². The molecule has 13 heteroatoms. The Labute approximate surface area is 258 Å². The van der Waals surface area contributed by atoms with Crippen LogP contribution in [0.2, 0.25) is 5.02 Å². The summed E-state index contributed by atoms with van der Waals surface area (Å²) in [5.41, 5.74) is 1.57. The van der Waals surface area contributed by atoms with Gasteiger partial charge in [-0.2, -0.15) is 15.1 Å². The minimum absolute atomic E-state index is 0.0784. The van der Waals surface area contributed by atoms with Gasteiger partial charge in [0.1, 0.15) is 29.8 Å². The van der Waals surface area contributed by atoms with Crippen molar-refractivity contribution in [3.63, 3.8) is 0 Å². The molecule has 6 bridgehead atoms. The number of aromatic amines is 1. The summed E-state index contributed by atoms with van der Waals surface area (Å²) in [5, 5.41) is 8.70. The number of pyridine rings is 1. The van der Waals surface area contributed by atoms with E-state index >= 15 is 4.39 Å². The highest BCUT2D eigenvalue weighted by molar-refractivity contribution is 6.33. The summed E-state index contributed by atoms with van der Waals surface area (Å²) in [7, 11) is 0. The molecule has 0 unspecified atom stereocenters. The molecule has 10 nitrogen and oxygen atoms in total. The van der Waals surface area contributed by atoms with E-state index in [9.17, 15) is 4.39 Å². The Kier molecular flexibility index (Phi) is 7.27. The summed E-state index contributed by atoms with van der Waals surface area (Å²) in [5.74, 6) is 0.258. The van der Waals surface area contributed by atoms with E-state index in [1.54, 1.807) is 18.5 Å². The zero-order chi connectivity index (χ0) is 29.8. The van der Waals surface area contributed by atoms with Gasteiger partial charge in [-0.3, -0.25) is 15.0 Å². The highest BCUT2D eigenvalue weighted by atomic mass is 35.5. The first-order chi connectivity index (χ1) is 21.5. The number of benzene rings is 1. The first-order valence-electron chi connectivity index (χ1n) is 15.4. The normalized spacial score (nSPS) is 26.1. The van der Waals surface area contributed by atoms with Crippen LogP contribution in [-0.2, 0) is 16.1 Å². The summed E-state index contributed by atoms with van der Waals surface area (Å²) in [6.07, 6.45) is 6.63. The average molecular weight is 626 g/mol. The molecule has 0 spiro atoms. The predicted octanol–water partition coefficient (Wildman–Crippen LogP) is 5.08. The SMILES string of the molecule is Fc1c2ncc3c(nc(OC[C@@]45CCCN4C[C@H](F)C5)nc13)N1CCC[C@@H](COCCOCc3c(Cl)cc4[nH]ncc4c3-2)C1. The molecule has 3 fully saturated rings. The van der Waals surface area contributed by atoms with Gasteiger partial charge in [-0.05, 0) is 44.2 Å². The van der Waals surface area contributed by atoms with Crippen molar-refractivity contribution in [1.29, 1.82) is 0 Å². The van der Waals surface area contributed by atoms with Crippen molar-refractivity contribution in [2.75, 3.05) is 57.5 Å². The first-order valence-corrected chi connectivity index (χ1v) is 15.8. The molecule has 1 N–H and O–H groups in total. The maximum atomic E-state index is 16.9. The van der Waals surface area contributed by atoms with E-state index in [1.807, 2.05) is 0 Å². The van der Waals surface area contributed by atoms with Crippen molar-refractivity contribution < 1.29 is 23.0 Å². The molecule has 0 saturated carbocycles. The lowest BCUT2D eigenvalue weighted by molar-refractivity contribution is 0.0256. The number of alkyl halides is 1. The molecule has 44 heavy (non-hydrogen) atoms. The topological polar surface area (TPSA) is 102 Å². The molecule has 4 aromatic rings. The minimum atomic E-state index is -0.881. The predicted molar refractivity (Wildman–Crippen MR) is 161 cm³/mol. The number of H-pyrrole nitrogens is 1. The van der Waals surface area contributed by atoms with Gasteiger partial charge >= 0.3 is 6.01 Å². The van der Waals surface area contributed by atoms with Crippen LogP contribution in [0.4, 0.5) is 14.6 Å². The zero-order valence-electron chi connectivity index (χ0n) is 24.3. The van der Waals surface area contributed by atoms with Crippen LogP contribution < -0.4 is 9.64 Å². The Morgan fingerprint density at radius 2 is 2.02 bits per heavy atom. The first kappa shape index (κ1) is 28.3. The van der Waals surface area contributed by atoms with E-state index in [0.29, 0.717) is 77.6 Å². The fourth-order valence-corrected chi connectivity index (χ4v) is 7.86. The van der Waals surface area contributed by atoms with Gasteiger partial charge in [-0.25, -0.2) is 8.78 Å². The lowest BCUT2D eigenvalue weighted by atomic mass is 9.95. The second-order valence-electron chi connectivity index (χ2n) is 12.5. The van der Waals surface area contributed by atoms with E-state index in [0.717, 1.165) is 38.8 Å². The molecular formula is C31H34ClF2N7O3.